The van der Waals surface area contributed by atoms with E-state index in [9.17, 15) is 22.8 Å². The lowest BCUT2D eigenvalue weighted by molar-refractivity contribution is -0.142. The second kappa shape index (κ2) is 8.63. The third-order valence-corrected chi connectivity index (χ3v) is 4.44. The van der Waals surface area contributed by atoms with Gasteiger partial charge in [-0.1, -0.05) is 29.3 Å². The lowest BCUT2D eigenvalue weighted by atomic mass is 10.0. The van der Waals surface area contributed by atoms with Gasteiger partial charge in [0.05, 0.1) is 12.7 Å². The highest BCUT2D eigenvalue weighted by atomic mass is 35.5. The van der Waals surface area contributed by atoms with Crippen molar-refractivity contribution in [1.82, 2.24) is 5.32 Å². The largest absolute Gasteiger partial charge is 0.467 e. The fourth-order valence-corrected chi connectivity index (χ4v) is 2.87. The minimum Gasteiger partial charge on any atom is -0.467 e. The molecule has 0 saturated heterocycles. The number of carbonyl (C=O) groups excluding carboxylic acids is 2. The predicted molar refractivity (Wildman–Crippen MR) is 94.9 cm³/mol. The van der Waals surface area contributed by atoms with Gasteiger partial charge in [-0.2, -0.15) is 13.2 Å². The molecule has 1 atom stereocenters. The fraction of sp³-hybridized carbons (Fsp3) is 0.222. The van der Waals surface area contributed by atoms with Gasteiger partial charge in [-0.3, -0.25) is 4.79 Å². The first-order valence-electron chi connectivity index (χ1n) is 7.62. The summed E-state index contributed by atoms with van der Waals surface area (Å²) in [6, 6.07) is 7.28. The molecule has 2 aromatic carbocycles. The highest BCUT2D eigenvalue weighted by Gasteiger charge is 2.30. The number of amides is 1. The van der Waals surface area contributed by atoms with Crippen LogP contribution in [0.3, 0.4) is 0 Å². The molecule has 0 bridgehead atoms. The summed E-state index contributed by atoms with van der Waals surface area (Å²) in [6.45, 7) is 0. The van der Waals surface area contributed by atoms with E-state index < -0.39 is 29.7 Å². The molecule has 1 amide bonds. The maximum Gasteiger partial charge on any atom is 0.416 e. The zero-order valence-corrected chi connectivity index (χ0v) is 15.5. The number of hydrogen-bond donors (Lipinski definition) is 1. The van der Waals surface area contributed by atoms with Crippen molar-refractivity contribution in [2.75, 3.05) is 7.11 Å². The van der Waals surface area contributed by atoms with E-state index in [0.29, 0.717) is 15.6 Å². The van der Waals surface area contributed by atoms with Gasteiger partial charge in [0.25, 0.3) is 5.91 Å². The average Bonchev–Trinajstić information content (AvgIpc) is 2.62. The molecule has 0 spiro atoms. The van der Waals surface area contributed by atoms with E-state index >= 15 is 0 Å². The Bertz CT molecular complexity index is 818. The summed E-state index contributed by atoms with van der Waals surface area (Å²) in [4.78, 5) is 24.3. The normalized spacial score (nSPS) is 12.4. The summed E-state index contributed by atoms with van der Waals surface area (Å²) in [5.41, 5.74) is -0.488. The van der Waals surface area contributed by atoms with Crippen LogP contribution in [0.5, 0.6) is 0 Å². The number of alkyl halides is 3. The van der Waals surface area contributed by atoms with Crippen molar-refractivity contribution in [2.24, 2.45) is 0 Å². The molecule has 0 heterocycles. The molecular formula is C18H14Cl2F3NO3. The van der Waals surface area contributed by atoms with Crippen molar-refractivity contribution in [3.8, 4) is 0 Å². The molecule has 144 valence electrons. The molecule has 0 saturated carbocycles. The third-order valence-electron chi connectivity index (χ3n) is 3.74. The Kier molecular flexibility index (Phi) is 6.73. The number of hydrogen-bond acceptors (Lipinski definition) is 3. The van der Waals surface area contributed by atoms with Crippen LogP contribution in [0.4, 0.5) is 13.2 Å². The SMILES string of the molecule is COC(=O)[C@@H](Cc1c(Cl)cccc1Cl)NC(=O)c1ccc(C(F)(F)F)cc1. The number of benzene rings is 2. The van der Waals surface area contributed by atoms with Crippen LogP contribution in [0.1, 0.15) is 21.5 Å². The van der Waals surface area contributed by atoms with Crippen molar-refractivity contribution in [1.29, 1.82) is 0 Å². The van der Waals surface area contributed by atoms with Crippen molar-refractivity contribution < 1.29 is 27.5 Å². The lowest BCUT2D eigenvalue weighted by Crippen LogP contribution is -2.43. The number of esters is 1. The number of carbonyl (C=O) groups is 2. The van der Waals surface area contributed by atoms with Gasteiger partial charge < -0.3 is 10.1 Å². The topological polar surface area (TPSA) is 55.4 Å². The van der Waals surface area contributed by atoms with Crippen LogP contribution in [-0.4, -0.2) is 25.0 Å². The molecule has 1 N–H and O–H groups in total. The average molecular weight is 420 g/mol. The van der Waals surface area contributed by atoms with Crippen molar-refractivity contribution in [3.63, 3.8) is 0 Å². The van der Waals surface area contributed by atoms with Crippen molar-refractivity contribution >= 4 is 35.1 Å². The van der Waals surface area contributed by atoms with Crippen LogP contribution in [0.2, 0.25) is 10.0 Å². The van der Waals surface area contributed by atoms with Gasteiger partial charge >= 0.3 is 12.1 Å². The summed E-state index contributed by atoms with van der Waals surface area (Å²) in [6.07, 6.45) is -4.55. The highest BCUT2D eigenvalue weighted by Crippen LogP contribution is 2.29. The summed E-state index contributed by atoms with van der Waals surface area (Å²) in [5.74, 6) is -1.48. The molecule has 2 aromatic rings. The molecule has 0 aliphatic carbocycles. The Morgan fingerprint density at radius 2 is 1.63 bits per heavy atom. The van der Waals surface area contributed by atoms with Crippen LogP contribution in [0.15, 0.2) is 42.5 Å². The van der Waals surface area contributed by atoms with Gasteiger partial charge in [-0.05, 0) is 42.0 Å². The first-order valence-corrected chi connectivity index (χ1v) is 8.38. The lowest BCUT2D eigenvalue weighted by Gasteiger charge is -2.18. The van der Waals surface area contributed by atoms with Crippen LogP contribution in [0.25, 0.3) is 0 Å². The summed E-state index contributed by atoms with van der Waals surface area (Å²) >= 11 is 12.2. The Balaban J connectivity index is 2.21. The minimum absolute atomic E-state index is 0.0397. The third kappa shape index (κ3) is 5.37. The van der Waals surface area contributed by atoms with Gasteiger partial charge in [0.15, 0.2) is 0 Å². The molecule has 0 aromatic heterocycles. The van der Waals surface area contributed by atoms with E-state index in [1.807, 2.05) is 0 Å². The molecule has 9 heteroatoms. The summed E-state index contributed by atoms with van der Waals surface area (Å²) in [7, 11) is 1.15. The van der Waals surface area contributed by atoms with E-state index in [1.165, 1.54) is 0 Å². The first kappa shape index (κ1) is 21.1. The van der Waals surface area contributed by atoms with Gasteiger partial charge in [-0.25, -0.2) is 4.79 Å². The minimum atomic E-state index is -4.51. The van der Waals surface area contributed by atoms with Crippen molar-refractivity contribution in [3.05, 3.63) is 69.2 Å². The molecule has 0 aliphatic rings. The van der Waals surface area contributed by atoms with E-state index in [4.69, 9.17) is 23.2 Å². The Hall–Kier alpha value is -2.25. The van der Waals surface area contributed by atoms with Gasteiger partial charge in [0, 0.05) is 22.0 Å². The number of methoxy groups -OCH3 is 1. The number of rotatable bonds is 5. The summed E-state index contributed by atoms with van der Waals surface area (Å²) < 4.78 is 42.5. The molecule has 0 radical (unpaired) electrons. The number of ether oxygens (including phenoxy) is 1. The maximum absolute atomic E-state index is 12.6. The summed E-state index contributed by atoms with van der Waals surface area (Å²) in [5, 5.41) is 3.04. The van der Waals surface area contributed by atoms with E-state index in [-0.39, 0.29) is 12.0 Å². The monoisotopic (exact) mass is 419 g/mol. The maximum atomic E-state index is 12.6. The smallest absolute Gasteiger partial charge is 0.416 e. The Morgan fingerprint density at radius 3 is 2.11 bits per heavy atom. The fourth-order valence-electron chi connectivity index (χ4n) is 2.32. The second-order valence-corrected chi connectivity index (χ2v) is 6.34. The highest BCUT2D eigenvalue weighted by molar-refractivity contribution is 6.36. The standard InChI is InChI=1S/C18H14Cl2F3NO3/c1-27-17(26)15(9-12-13(19)3-2-4-14(12)20)24-16(25)10-5-7-11(8-6-10)18(21,22)23/h2-8,15H,9H2,1H3,(H,24,25)/t15-/m1/s1. The molecule has 27 heavy (non-hydrogen) atoms. The van der Waals surface area contributed by atoms with Gasteiger partial charge in [0.2, 0.25) is 0 Å². The quantitative estimate of drug-likeness (QED) is 0.724. The molecule has 0 aliphatic heterocycles. The number of halogens is 5. The second-order valence-electron chi connectivity index (χ2n) is 5.53. The van der Waals surface area contributed by atoms with Crippen LogP contribution >= 0.6 is 23.2 Å². The molecule has 0 unspecified atom stereocenters. The van der Waals surface area contributed by atoms with Gasteiger partial charge in [0.1, 0.15) is 6.04 Å². The van der Waals surface area contributed by atoms with E-state index in [1.54, 1.807) is 18.2 Å². The Morgan fingerprint density at radius 1 is 1.07 bits per heavy atom. The van der Waals surface area contributed by atoms with E-state index in [2.05, 4.69) is 10.1 Å². The van der Waals surface area contributed by atoms with E-state index in [0.717, 1.165) is 31.4 Å². The van der Waals surface area contributed by atoms with Crippen LogP contribution in [0, 0.1) is 0 Å². The Labute approximate surface area is 163 Å². The first-order chi connectivity index (χ1) is 12.6. The zero-order chi connectivity index (χ0) is 20.2. The van der Waals surface area contributed by atoms with Crippen molar-refractivity contribution in [2.45, 2.75) is 18.6 Å². The molecule has 2 rings (SSSR count). The number of nitrogens with one attached hydrogen (secondary N) is 1. The van der Waals surface area contributed by atoms with Gasteiger partial charge in [-0.15, -0.1) is 0 Å². The predicted octanol–water partition coefficient (Wildman–Crippen LogP) is 4.53. The zero-order valence-electron chi connectivity index (χ0n) is 13.9. The van der Waals surface area contributed by atoms with Crippen LogP contribution in [-0.2, 0) is 22.1 Å². The molecular weight excluding hydrogens is 406 g/mol. The molecule has 0 fully saturated rings. The molecule has 4 nitrogen and oxygen atoms in total. The van der Waals surface area contributed by atoms with Crippen LogP contribution < -0.4 is 5.32 Å².